The van der Waals surface area contributed by atoms with Gasteiger partial charge in [0.1, 0.15) is 13.2 Å². The van der Waals surface area contributed by atoms with Gasteiger partial charge in [0.15, 0.2) is 23.4 Å². The zero-order valence-electron chi connectivity index (χ0n) is 16.2. The molecule has 3 rings (SSSR count). The monoisotopic (exact) mass is 433 g/mol. The molecule has 158 valence electrons. The van der Waals surface area contributed by atoms with Crippen molar-refractivity contribution in [1.29, 1.82) is 0 Å². The lowest BCUT2D eigenvalue weighted by atomic mass is 10.1. The number of ether oxygens (including phenoxy) is 2. The fourth-order valence-corrected chi connectivity index (χ4v) is 3.67. The van der Waals surface area contributed by atoms with Gasteiger partial charge in [-0.2, -0.15) is 8.42 Å². The smallest absolute Gasteiger partial charge is 0.297 e. The average molecular weight is 433 g/mol. The SMILES string of the molecule is CC(=O)/C=C/c1c([N+](=O)[O-])ccc2c1O[C@@H](COS(=O)(=O)c1ccc(C)cc1)CO2. The number of ketones is 1. The maximum Gasteiger partial charge on any atom is 0.297 e. The molecule has 0 saturated carbocycles. The molecule has 0 fully saturated rings. The Morgan fingerprint density at radius 2 is 1.97 bits per heavy atom. The van der Waals surface area contributed by atoms with Crippen molar-refractivity contribution in [2.75, 3.05) is 13.2 Å². The van der Waals surface area contributed by atoms with E-state index in [9.17, 15) is 23.3 Å². The molecule has 0 N–H and O–H groups in total. The van der Waals surface area contributed by atoms with Crippen molar-refractivity contribution in [1.82, 2.24) is 0 Å². The first kappa shape index (κ1) is 21.5. The van der Waals surface area contributed by atoms with Crippen molar-refractivity contribution in [3.05, 3.63) is 63.7 Å². The third-order valence-electron chi connectivity index (χ3n) is 4.25. The highest BCUT2D eigenvalue weighted by atomic mass is 32.2. The van der Waals surface area contributed by atoms with Gasteiger partial charge in [0.05, 0.1) is 15.4 Å². The zero-order valence-corrected chi connectivity index (χ0v) is 17.0. The summed E-state index contributed by atoms with van der Waals surface area (Å²) in [5, 5.41) is 11.4. The van der Waals surface area contributed by atoms with Crippen LogP contribution in [0.1, 0.15) is 18.1 Å². The van der Waals surface area contributed by atoms with Gasteiger partial charge in [-0.3, -0.25) is 19.1 Å². The molecule has 1 heterocycles. The Bertz CT molecular complexity index is 1110. The molecular formula is C20H19NO8S. The van der Waals surface area contributed by atoms with Crippen LogP contribution in [0.25, 0.3) is 6.08 Å². The first-order valence-electron chi connectivity index (χ1n) is 8.93. The van der Waals surface area contributed by atoms with Crippen LogP contribution in [0.3, 0.4) is 0 Å². The first-order valence-corrected chi connectivity index (χ1v) is 10.3. The molecule has 2 aromatic rings. The number of fused-ring (bicyclic) bond motifs is 1. The predicted molar refractivity (Wildman–Crippen MR) is 107 cm³/mol. The van der Waals surface area contributed by atoms with Crippen molar-refractivity contribution in [3.63, 3.8) is 0 Å². The molecule has 0 aromatic heterocycles. The quantitative estimate of drug-likeness (QED) is 0.283. The summed E-state index contributed by atoms with van der Waals surface area (Å²) < 4.78 is 41.1. The van der Waals surface area contributed by atoms with Crippen LogP contribution in [0, 0.1) is 17.0 Å². The molecule has 1 aliphatic heterocycles. The van der Waals surface area contributed by atoms with Crippen LogP contribution >= 0.6 is 0 Å². The minimum Gasteiger partial charge on any atom is -0.486 e. The molecule has 0 saturated heterocycles. The van der Waals surface area contributed by atoms with E-state index >= 15 is 0 Å². The highest BCUT2D eigenvalue weighted by molar-refractivity contribution is 7.86. The van der Waals surface area contributed by atoms with E-state index in [2.05, 4.69) is 0 Å². The molecule has 0 aliphatic carbocycles. The number of hydrogen-bond acceptors (Lipinski definition) is 8. The summed E-state index contributed by atoms with van der Waals surface area (Å²) in [4.78, 5) is 22.0. The third-order valence-corrected chi connectivity index (χ3v) is 5.54. The largest absolute Gasteiger partial charge is 0.486 e. The minimum absolute atomic E-state index is 0.00551. The van der Waals surface area contributed by atoms with E-state index in [4.69, 9.17) is 13.7 Å². The van der Waals surface area contributed by atoms with Crippen LogP contribution in [-0.4, -0.2) is 38.4 Å². The fourth-order valence-electron chi connectivity index (χ4n) is 2.73. The number of nitro benzene ring substituents is 1. The lowest BCUT2D eigenvalue weighted by Gasteiger charge is -2.27. The number of carbonyl (C=O) groups is 1. The van der Waals surface area contributed by atoms with Gasteiger partial charge >= 0.3 is 0 Å². The van der Waals surface area contributed by atoms with Crippen molar-refractivity contribution in [3.8, 4) is 11.5 Å². The molecule has 9 nitrogen and oxygen atoms in total. The number of carbonyl (C=O) groups excluding carboxylic acids is 1. The zero-order chi connectivity index (χ0) is 21.9. The Labute approximate surface area is 173 Å². The third kappa shape index (κ3) is 4.84. The number of allylic oxidation sites excluding steroid dienone is 1. The summed E-state index contributed by atoms with van der Waals surface area (Å²) in [7, 11) is -4.01. The average Bonchev–Trinajstić information content (AvgIpc) is 2.70. The Morgan fingerprint density at radius 1 is 1.27 bits per heavy atom. The van der Waals surface area contributed by atoms with Gasteiger partial charge in [0.25, 0.3) is 15.8 Å². The highest BCUT2D eigenvalue weighted by Gasteiger charge is 2.29. The van der Waals surface area contributed by atoms with Crippen LogP contribution in [0.2, 0.25) is 0 Å². The molecule has 0 amide bonds. The topological polar surface area (TPSA) is 122 Å². The normalized spacial score (nSPS) is 15.9. The summed E-state index contributed by atoms with van der Waals surface area (Å²) in [5.41, 5.74) is 0.685. The fraction of sp³-hybridized carbons (Fsp3) is 0.250. The van der Waals surface area contributed by atoms with Gasteiger partial charge in [-0.15, -0.1) is 0 Å². The van der Waals surface area contributed by atoms with E-state index in [0.717, 1.165) is 5.56 Å². The second-order valence-electron chi connectivity index (χ2n) is 6.63. The summed E-state index contributed by atoms with van der Waals surface area (Å²) >= 11 is 0. The Kier molecular flexibility index (Phi) is 6.18. The maximum atomic E-state index is 12.4. The summed E-state index contributed by atoms with van der Waals surface area (Å²) in [6.07, 6.45) is 1.62. The van der Waals surface area contributed by atoms with Crippen molar-refractivity contribution < 1.29 is 31.8 Å². The van der Waals surface area contributed by atoms with E-state index in [-0.39, 0.29) is 46.6 Å². The second-order valence-corrected chi connectivity index (χ2v) is 8.24. The van der Waals surface area contributed by atoms with Crippen LogP contribution in [-0.2, 0) is 19.1 Å². The van der Waals surface area contributed by atoms with Crippen LogP contribution in [0.5, 0.6) is 11.5 Å². The van der Waals surface area contributed by atoms with Crippen molar-refractivity contribution in [2.24, 2.45) is 0 Å². The number of hydrogen-bond donors (Lipinski definition) is 0. The molecule has 0 bridgehead atoms. The Balaban J connectivity index is 1.82. The number of nitro groups is 1. The van der Waals surface area contributed by atoms with Crippen LogP contribution in [0.15, 0.2) is 47.4 Å². The molecule has 0 unspecified atom stereocenters. The molecule has 0 spiro atoms. The van der Waals surface area contributed by atoms with Gasteiger partial charge < -0.3 is 9.47 Å². The van der Waals surface area contributed by atoms with Crippen molar-refractivity contribution in [2.45, 2.75) is 24.8 Å². The van der Waals surface area contributed by atoms with E-state index in [1.54, 1.807) is 12.1 Å². The molecule has 1 atom stereocenters. The molecule has 30 heavy (non-hydrogen) atoms. The predicted octanol–water partition coefficient (Wildman–Crippen LogP) is 3.05. The van der Waals surface area contributed by atoms with E-state index in [1.807, 2.05) is 6.92 Å². The minimum atomic E-state index is -4.01. The van der Waals surface area contributed by atoms with E-state index in [1.165, 1.54) is 43.3 Å². The van der Waals surface area contributed by atoms with Gasteiger partial charge in [0.2, 0.25) is 0 Å². The first-order chi connectivity index (χ1) is 14.2. The molecule has 2 aromatic carbocycles. The standard InChI is InChI=1S/C20H19NO8S/c1-13-3-6-16(7-4-13)30(25,26)28-12-15-11-27-19-10-9-18(21(23)24)17(20(19)29-15)8-5-14(2)22/h3-10,15H,11-12H2,1-2H3/b8-5+/t15-/m1/s1. The van der Waals surface area contributed by atoms with Gasteiger partial charge in [-0.05, 0) is 44.2 Å². The van der Waals surface area contributed by atoms with Crippen molar-refractivity contribution >= 4 is 27.7 Å². The second kappa shape index (κ2) is 8.64. The summed E-state index contributed by atoms with van der Waals surface area (Å²) in [6, 6.07) is 8.82. The van der Waals surface area contributed by atoms with E-state index in [0.29, 0.717) is 0 Å². The number of rotatable bonds is 7. The molecule has 0 radical (unpaired) electrons. The Hall–Kier alpha value is -3.24. The number of nitrogens with zero attached hydrogens (tertiary/aromatic N) is 1. The molecular weight excluding hydrogens is 414 g/mol. The summed E-state index contributed by atoms with van der Waals surface area (Å²) in [5.74, 6) is -0.00145. The van der Waals surface area contributed by atoms with Gasteiger partial charge in [-0.1, -0.05) is 17.7 Å². The number of aryl methyl sites for hydroxylation is 1. The summed E-state index contributed by atoms with van der Waals surface area (Å²) in [6.45, 7) is 2.78. The van der Waals surface area contributed by atoms with E-state index < -0.39 is 21.1 Å². The maximum absolute atomic E-state index is 12.4. The van der Waals surface area contributed by atoms with Gasteiger partial charge in [0, 0.05) is 6.07 Å². The molecule has 10 heteroatoms. The molecule has 1 aliphatic rings. The number of benzene rings is 2. The lowest BCUT2D eigenvalue weighted by molar-refractivity contribution is -0.385. The van der Waals surface area contributed by atoms with Crippen LogP contribution in [0.4, 0.5) is 5.69 Å². The Morgan fingerprint density at radius 3 is 2.60 bits per heavy atom. The van der Waals surface area contributed by atoms with Crippen LogP contribution < -0.4 is 9.47 Å². The van der Waals surface area contributed by atoms with Gasteiger partial charge in [-0.25, -0.2) is 0 Å². The lowest BCUT2D eigenvalue weighted by Crippen LogP contribution is -2.34. The highest BCUT2D eigenvalue weighted by Crippen LogP contribution is 2.41.